The second-order valence-corrected chi connectivity index (χ2v) is 3.94. The lowest BCUT2D eigenvalue weighted by Gasteiger charge is -2.10. The van der Waals surface area contributed by atoms with Crippen molar-refractivity contribution in [1.82, 2.24) is 0 Å². The standard InChI is InChI=1S/C13H21NO/c1-2-3-4-11-5-7-12(8-6-11)13(15)9-10-14/h5-8,13,15H,2-4,9-10,14H2,1H3. The minimum atomic E-state index is -0.407. The van der Waals surface area contributed by atoms with Gasteiger partial charge in [-0.25, -0.2) is 0 Å². The van der Waals surface area contributed by atoms with E-state index >= 15 is 0 Å². The highest BCUT2D eigenvalue weighted by molar-refractivity contribution is 5.24. The average molecular weight is 207 g/mol. The molecular formula is C13H21NO. The van der Waals surface area contributed by atoms with Gasteiger partial charge in [-0.15, -0.1) is 0 Å². The van der Waals surface area contributed by atoms with Crippen LogP contribution in [0.1, 0.15) is 43.4 Å². The highest BCUT2D eigenvalue weighted by Gasteiger charge is 2.05. The topological polar surface area (TPSA) is 46.2 Å². The molecule has 1 atom stereocenters. The van der Waals surface area contributed by atoms with Gasteiger partial charge in [0.2, 0.25) is 0 Å². The molecule has 1 aromatic carbocycles. The zero-order valence-electron chi connectivity index (χ0n) is 9.45. The Balaban J connectivity index is 2.55. The minimum Gasteiger partial charge on any atom is -0.388 e. The number of unbranched alkanes of at least 4 members (excludes halogenated alkanes) is 1. The Kier molecular flexibility index (Phi) is 5.37. The van der Waals surface area contributed by atoms with Gasteiger partial charge in [-0.05, 0) is 36.9 Å². The maximum Gasteiger partial charge on any atom is 0.0802 e. The van der Waals surface area contributed by atoms with Crippen LogP contribution < -0.4 is 5.73 Å². The fourth-order valence-corrected chi connectivity index (χ4v) is 1.61. The lowest BCUT2D eigenvalue weighted by molar-refractivity contribution is 0.170. The van der Waals surface area contributed by atoms with Gasteiger partial charge in [0, 0.05) is 0 Å². The normalized spacial score (nSPS) is 12.7. The Hall–Kier alpha value is -0.860. The number of aliphatic hydroxyl groups excluding tert-OH is 1. The van der Waals surface area contributed by atoms with Crippen molar-refractivity contribution in [3.63, 3.8) is 0 Å². The number of rotatable bonds is 6. The number of benzene rings is 1. The first-order valence-electron chi connectivity index (χ1n) is 5.75. The number of aryl methyl sites for hydroxylation is 1. The Bertz CT molecular complexity index is 268. The van der Waals surface area contributed by atoms with E-state index in [0.717, 1.165) is 12.0 Å². The predicted molar refractivity (Wildman–Crippen MR) is 63.7 cm³/mol. The minimum absolute atomic E-state index is 0.407. The van der Waals surface area contributed by atoms with Crippen LogP contribution in [0.15, 0.2) is 24.3 Å². The van der Waals surface area contributed by atoms with Crippen molar-refractivity contribution in [1.29, 1.82) is 0 Å². The summed E-state index contributed by atoms with van der Waals surface area (Å²) in [5.41, 5.74) is 7.72. The smallest absolute Gasteiger partial charge is 0.0802 e. The van der Waals surface area contributed by atoms with E-state index in [1.54, 1.807) is 0 Å². The lowest BCUT2D eigenvalue weighted by atomic mass is 10.0. The number of hydrogen-bond donors (Lipinski definition) is 2. The van der Waals surface area contributed by atoms with Gasteiger partial charge in [-0.3, -0.25) is 0 Å². The quantitative estimate of drug-likeness (QED) is 0.752. The highest BCUT2D eigenvalue weighted by Crippen LogP contribution is 2.17. The van der Waals surface area contributed by atoms with E-state index in [-0.39, 0.29) is 0 Å². The molecule has 3 N–H and O–H groups in total. The third kappa shape index (κ3) is 4.02. The van der Waals surface area contributed by atoms with Crippen molar-refractivity contribution >= 4 is 0 Å². The number of nitrogens with two attached hydrogens (primary N) is 1. The molecule has 0 aliphatic rings. The monoisotopic (exact) mass is 207 g/mol. The molecule has 0 radical (unpaired) electrons. The second-order valence-electron chi connectivity index (χ2n) is 3.94. The van der Waals surface area contributed by atoms with Crippen LogP contribution in [-0.2, 0) is 6.42 Å². The van der Waals surface area contributed by atoms with Crippen LogP contribution in [0.2, 0.25) is 0 Å². The zero-order valence-corrected chi connectivity index (χ0v) is 9.45. The molecule has 1 unspecified atom stereocenters. The fourth-order valence-electron chi connectivity index (χ4n) is 1.61. The van der Waals surface area contributed by atoms with Crippen LogP contribution in [0.5, 0.6) is 0 Å². The van der Waals surface area contributed by atoms with Gasteiger partial charge >= 0.3 is 0 Å². The molecule has 2 nitrogen and oxygen atoms in total. The summed E-state index contributed by atoms with van der Waals surface area (Å²) in [7, 11) is 0. The van der Waals surface area contributed by atoms with Gasteiger partial charge in [0.05, 0.1) is 6.10 Å². The largest absolute Gasteiger partial charge is 0.388 e. The Labute approximate surface area is 92.1 Å². The molecular weight excluding hydrogens is 186 g/mol. The highest BCUT2D eigenvalue weighted by atomic mass is 16.3. The molecule has 0 fully saturated rings. The van der Waals surface area contributed by atoms with E-state index in [4.69, 9.17) is 5.73 Å². The first kappa shape index (κ1) is 12.2. The third-order valence-corrected chi connectivity index (χ3v) is 2.62. The van der Waals surface area contributed by atoms with Gasteiger partial charge in [0.15, 0.2) is 0 Å². The first-order valence-corrected chi connectivity index (χ1v) is 5.75. The third-order valence-electron chi connectivity index (χ3n) is 2.62. The molecule has 1 aromatic rings. The molecule has 0 aliphatic carbocycles. The van der Waals surface area contributed by atoms with Crippen molar-refractivity contribution in [3.8, 4) is 0 Å². The van der Waals surface area contributed by atoms with Crippen LogP contribution in [-0.4, -0.2) is 11.7 Å². The van der Waals surface area contributed by atoms with E-state index in [1.807, 2.05) is 12.1 Å². The van der Waals surface area contributed by atoms with Crippen molar-refractivity contribution in [2.45, 2.75) is 38.7 Å². The van der Waals surface area contributed by atoms with Crippen LogP contribution >= 0.6 is 0 Å². The van der Waals surface area contributed by atoms with E-state index < -0.39 is 6.10 Å². The Morgan fingerprint density at radius 1 is 1.27 bits per heavy atom. The summed E-state index contributed by atoms with van der Waals surface area (Å²) in [5, 5.41) is 9.71. The van der Waals surface area contributed by atoms with Crippen LogP contribution in [0, 0.1) is 0 Å². The van der Waals surface area contributed by atoms with Gasteiger partial charge in [0.25, 0.3) is 0 Å². The SMILES string of the molecule is CCCCc1ccc(C(O)CCN)cc1. The molecule has 1 rings (SSSR count). The number of hydrogen-bond acceptors (Lipinski definition) is 2. The van der Waals surface area contributed by atoms with E-state index in [2.05, 4.69) is 19.1 Å². The van der Waals surface area contributed by atoms with Gasteiger partial charge in [-0.2, -0.15) is 0 Å². The molecule has 0 aliphatic heterocycles. The Morgan fingerprint density at radius 2 is 1.93 bits per heavy atom. The van der Waals surface area contributed by atoms with Crippen molar-refractivity contribution in [2.24, 2.45) is 5.73 Å². The second kappa shape index (κ2) is 6.59. The van der Waals surface area contributed by atoms with E-state index in [9.17, 15) is 5.11 Å². The summed E-state index contributed by atoms with van der Waals surface area (Å²) in [6.45, 7) is 2.72. The molecule has 0 aromatic heterocycles. The molecule has 15 heavy (non-hydrogen) atoms. The maximum absolute atomic E-state index is 9.71. The summed E-state index contributed by atoms with van der Waals surface area (Å²) in [4.78, 5) is 0. The molecule has 0 saturated heterocycles. The molecule has 2 heteroatoms. The van der Waals surface area contributed by atoms with Gasteiger partial charge in [-0.1, -0.05) is 37.6 Å². The van der Waals surface area contributed by atoms with Crippen LogP contribution in [0.3, 0.4) is 0 Å². The zero-order chi connectivity index (χ0) is 11.1. The molecule has 0 bridgehead atoms. The molecule has 0 amide bonds. The van der Waals surface area contributed by atoms with E-state index in [0.29, 0.717) is 13.0 Å². The first-order chi connectivity index (χ1) is 7.27. The maximum atomic E-state index is 9.71. The summed E-state index contributed by atoms with van der Waals surface area (Å²) in [5.74, 6) is 0. The molecule has 84 valence electrons. The summed E-state index contributed by atoms with van der Waals surface area (Å²) in [6, 6.07) is 8.21. The number of aliphatic hydroxyl groups is 1. The van der Waals surface area contributed by atoms with Gasteiger partial charge in [0.1, 0.15) is 0 Å². The van der Waals surface area contributed by atoms with Crippen molar-refractivity contribution in [2.75, 3.05) is 6.54 Å². The van der Waals surface area contributed by atoms with Crippen molar-refractivity contribution < 1.29 is 5.11 Å². The summed E-state index contributed by atoms with van der Waals surface area (Å²) >= 11 is 0. The molecule has 0 saturated carbocycles. The van der Waals surface area contributed by atoms with E-state index in [1.165, 1.54) is 18.4 Å². The Morgan fingerprint density at radius 3 is 2.47 bits per heavy atom. The predicted octanol–water partition coefficient (Wildman–Crippen LogP) is 2.41. The lowest BCUT2D eigenvalue weighted by Crippen LogP contribution is -2.06. The fraction of sp³-hybridized carbons (Fsp3) is 0.538. The molecule has 0 heterocycles. The van der Waals surface area contributed by atoms with Crippen LogP contribution in [0.25, 0.3) is 0 Å². The van der Waals surface area contributed by atoms with Gasteiger partial charge < -0.3 is 10.8 Å². The van der Waals surface area contributed by atoms with Crippen LogP contribution in [0.4, 0.5) is 0 Å². The van der Waals surface area contributed by atoms with Crippen molar-refractivity contribution in [3.05, 3.63) is 35.4 Å². The summed E-state index contributed by atoms with van der Waals surface area (Å²) < 4.78 is 0. The summed E-state index contributed by atoms with van der Waals surface area (Å²) in [6.07, 6.45) is 3.80. The average Bonchev–Trinajstić information content (AvgIpc) is 2.27. The molecule has 0 spiro atoms.